The molecule has 1 aromatic carbocycles. The van der Waals surface area contributed by atoms with Crippen molar-refractivity contribution >= 4 is 17.3 Å². The Labute approximate surface area is 178 Å². The van der Waals surface area contributed by atoms with Gasteiger partial charge in [-0.2, -0.15) is 0 Å². The molecule has 2 heterocycles. The van der Waals surface area contributed by atoms with Crippen LogP contribution in [0.5, 0.6) is 5.75 Å². The number of nitrogens with zero attached hydrogens (tertiary/aromatic N) is 3. The van der Waals surface area contributed by atoms with Crippen LogP contribution < -0.4 is 15.4 Å². The van der Waals surface area contributed by atoms with Gasteiger partial charge in [0.25, 0.3) is 0 Å². The first-order valence-electron chi connectivity index (χ1n) is 10.3. The molecule has 29 heavy (non-hydrogen) atoms. The molecule has 0 radical (unpaired) electrons. The summed E-state index contributed by atoms with van der Waals surface area (Å²) in [7, 11) is 3.54. The number of ether oxygens (including phenoxy) is 1. The van der Waals surface area contributed by atoms with Crippen LogP contribution in [-0.4, -0.2) is 49.6 Å². The average molecular weight is 416 g/mol. The van der Waals surface area contributed by atoms with Crippen molar-refractivity contribution < 1.29 is 4.74 Å². The van der Waals surface area contributed by atoms with E-state index in [2.05, 4.69) is 51.5 Å². The lowest BCUT2D eigenvalue weighted by atomic mass is 9.96. The van der Waals surface area contributed by atoms with E-state index in [1.165, 1.54) is 23.3 Å². The summed E-state index contributed by atoms with van der Waals surface area (Å²) in [6, 6.07) is 8.41. The van der Waals surface area contributed by atoms with E-state index >= 15 is 0 Å². The summed E-state index contributed by atoms with van der Waals surface area (Å²) in [5, 5.41) is 8.04. The van der Waals surface area contributed by atoms with Gasteiger partial charge in [0.05, 0.1) is 24.4 Å². The van der Waals surface area contributed by atoms with Crippen LogP contribution in [0.4, 0.5) is 0 Å². The number of likely N-dealkylation sites (tertiary alicyclic amines) is 1. The first-order chi connectivity index (χ1) is 14.1. The highest BCUT2D eigenvalue weighted by atomic mass is 32.1. The second-order valence-electron chi connectivity index (χ2n) is 7.62. The topological polar surface area (TPSA) is 61.8 Å². The number of thiazole rings is 1. The van der Waals surface area contributed by atoms with Crippen LogP contribution in [0.15, 0.2) is 29.3 Å². The van der Waals surface area contributed by atoms with E-state index in [0.717, 1.165) is 55.1 Å². The van der Waals surface area contributed by atoms with Crippen LogP contribution in [0.3, 0.4) is 0 Å². The van der Waals surface area contributed by atoms with E-state index in [9.17, 15) is 0 Å². The molecule has 1 fully saturated rings. The molecule has 158 valence electrons. The number of aromatic nitrogens is 1. The zero-order chi connectivity index (χ0) is 20.6. The molecule has 0 atom stereocenters. The van der Waals surface area contributed by atoms with E-state index in [0.29, 0.717) is 5.92 Å². The molecule has 0 unspecified atom stereocenters. The maximum absolute atomic E-state index is 5.24. The molecule has 2 aromatic rings. The predicted octanol–water partition coefficient (Wildman–Crippen LogP) is 3.35. The van der Waals surface area contributed by atoms with E-state index in [-0.39, 0.29) is 0 Å². The Kier molecular flexibility index (Phi) is 7.89. The zero-order valence-electron chi connectivity index (χ0n) is 18.0. The number of aryl methyl sites for hydroxylation is 2. The fourth-order valence-corrected chi connectivity index (χ4v) is 4.58. The van der Waals surface area contributed by atoms with Crippen LogP contribution in [0.1, 0.15) is 34.0 Å². The number of hydrogen-bond acceptors (Lipinski definition) is 5. The zero-order valence-corrected chi connectivity index (χ0v) is 18.8. The van der Waals surface area contributed by atoms with Crippen LogP contribution in [-0.2, 0) is 13.1 Å². The molecule has 3 rings (SSSR count). The molecule has 0 amide bonds. The Morgan fingerprint density at radius 2 is 1.93 bits per heavy atom. The second-order valence-corrected chi connectivity index (χ2v) is 8.90. The number of guanidine groups is 1. The Morgan fingerprint density at radius 3 is 2.52 bits per heavy atom. The second kappa shape index (κ2) is 10.6. The minimum absolute atomic E-state index is 0.688. The fraction of sp³-hybridized carbons (Fsp3) is 0.545. The van der Waals surface area contributed by atoms with E-state index < -0.39 is 0 Å². The van der Waals surface area contributed by atoms with Gasteiger partial charge in [-0.1, -0.05) is 12.1 Å². The van der Waals surface area contributed by atoms with Gasteiger partial charge in [0, 0.05) is 25.0 Å². The highest BCUT2D eigenvalue weighted by molar-refractivity contribution is 7.11. The SMILES string of the molecule is CN=C(NCc1sc(C)nc1C)NCC1CCN(Cc2ccc(OC)cc2)CC1. The van der Waals surface area contributed by atoms with Crippen molar-refractivity contribution in [2.24, 2.45) is 10.9 Å². The van der Waals surface area contributed by atoms with Gasteiger partial charge >= 0.3 is 0 Å². The summed E-state index contributed by atoms with van der Waals surface area (Å²) in [6.45, 7) is 9.16. The molecule has 7 heteroatoms. The molecule has 1 aromatic heterocycles. The highest BCUT2D eigenvalue weighted by Gasteiger charge is 2.19. The van der Waals surface area contributed by atoms with Crippen LogP contribution in [0, 0.1) is 19.8 Å². The van der Waals surface area contributed by atoms with Gasteiger partial charge < -0.3 is 15.4 Å². The van der Waals surface area contributed by atoms with Gasteiger partial charge in [-0.05, 0) is 63.4 Å². The first-order valence-corrected chi connectivity index (χ1v) is 11.1. The minimum Gasteiger partial charge on any atom is -0.497 e. The molecule has 0 bridgehead atoms. The lowest BCUT2D eigenvalue weighted by Gasteiger charge is -2.32. The van der Waals surface area contributed by atoms with E-state index in [1.807, 2.05) is 19.2 Å². The lowest BCUT2D eigenvalue weighted by Crippen LogP contribution is -2.42. The Bertz CT molecular complexity index is 794. The van der Waals surface area contributed by atoms with Crippen LogP contribution >= 0.6 is 11.3 Å². The van der Waals surface area contributed by atoms with Crippen molar-refractivity contribution in [2.45, 2.75) is 39.8 Å². The smallest absolute Gasteiger partial charge is 0.191 e. The molecule has 1 aliphatic heterocycles. The third-order valence-corrected chi connectivity index (χ3v) is 6.54. The molecule has 1 aliphatic rings. The van der Waals surface area contributed by atoms with E-state index in [4.69, 9.17) is 4.74 Å². The number of hydrogen-bond donors (Lipinski definition) is 2. The number of piperidine rings is 1. The molecule has 0 saturated carbocycles. The normalized spacial score (nSPS) is 16.1. The standard InChI is InChI=1S/C22H33N5OS/c1-16-21(29-17(2)26-16)14-25-22(23-3)24-13-18-9-11-27(12-10-18)15-19-5-7-20(28-4)8-6-19/h5-8,18H,9-15H2,1-4H3,(H2,23,24,25). The summed E-state index contributed by atoms with van der Waals surface area (Å²) in [6.07, 6.45) is 2.43. The predicted molar refractivity (Wildman–Crippen MR) is 121 cm³/mol. The summed E-state index contributed by atoms with van der Waals surface area (Å²) in [5.41, 5.74) is 2.46. The molecule has 1 saturated heterocycles. The number of methoxy groups -OCH3 is 1. The Hall–Kier alpha value is -2.12. The number of aliphatic imine (C=N–C) groups is 1. The van der Waals surface area contributed by atoms with Crippen molar-refractivity contribution in [1.82, 2.24) is 20.5 Å². The lowest BCUT2D eigenvalue weighted by molar-refractivity contribution is 0.178. The number of nitrogens with one attached hydrogen (secondary N) is 2. The van der Waals surface area contributed by atoms with Gasteiger partial charge in [0.1, 0.15) is 5.75 Å². The maximum atomic E-state index is 5.24. The van der Waals surface area contributed by atoms with Crippen molar-refractivity contribution in [1.29, 1.82) is 0 Å². The molecule has 0 spiro atoms. The highest BCUT2D eigenvalue weighted by Crippen LogP contribution is 2.20. The number of rotatable bonds is 7. The van der Waals surface area contributed by atoms with Crippen molar-refractivity contribution in [3.05, 3.63) is 45.4 Å². The third-order valence-electron chi connectivity index (χ3n) is 5.47. The van der Waals surface area contributed by atoms with Crippen LogP contribution in [0.25, 0.3) is 0 Å². The van der Waals surface area contributed by atoms with Gasteiger partial charge in [-0.25, -0.2) is 4.98 Å². The first kappa shape index (κ1) is 21.6. The van der Waals surface area contributed by atoms with Gasteiger partial charge in [0.15, 0.2) is 5.96 Å². The molecule has 2 N–H and O–H groups in total. The van der Waals surface area contributed by atoms with Crippen molar-refractivity contribution in [3.63, 3.8) is 0 Å². The van der Waals surface area contributed by atoms with Gasteiger partial charge in [-0.3, -0.25) is 9.89 Å². The molecule has 6 nitrogen and oxygen atoms in total. The number of benzene rings is 1. The van der Waals surface area contributed by atoms with Gasteiger partial charge in [-0.15, -0.1) is 11.3 Å². The quantitative estimate of drug-likeness (QED) is 0.536. The minimum atomic E-state index is 0.688. The van der Waals surface area contributed by atoms with Gasteiger partial charge in [0.2, 0.25) is 0 Å². The summed E-state index contributed by atoms with van der Waals surface area (Å²) >= 11 is 1.75. The summed E-state index contributed by atoms with van der Waals surface area (Å²) in [4.78, 5) is 12.7. The average Bonchev–Trinajstić information content (AvgIpc) is 3.07. The Morgan fingerprint density at radius 1 is 1.21 bits per heavy atom. The summed E-state index contributed by atoms with van der Waals surface area (Å²) < 4.78 is 5.24. The maximum Gasteiger partial charge on any atom is 0.191 e. The summed E-state index contributed by atoms with van der Waals surface area (Å²) in [5.74, 6) is 2.48. The molecular weight excluding hydrogens is 382 g/mol. The van der Waals surface area contributed by atoms with Crippen molar-refractivity contribution in [3.8, 4) is 5.75 Å². The largest absolute Gasteiger partial charge is 0.497 e. The Balaban J connectivity index is 1.37. The molecule has 0 aliphatic carbocycles. The fourth-order valence-electron chi connectivity index (χ4n) is 3.70. The van der Waals surface area contributed by atoms with Crippen molar-refractivity contribution in [2.75, 3.05) is 33.8 Å². The van der Waals surface area contributed by atoms with E-state index in [1.54, 1.807) is 18.4 Å². The monoisotopic (exact) mass is 415 g/mol. The third kappa shape index (κ3) is 6.44. The molecular formula is C22H33N5OS. The van der Waals surface area contributed by atoms with Crippen LogP contribution in [0.2, 0.25) is 0 Å².